The molecule has 1 aromatic heterocycles. The highest BCUT2D eigenvalue weighted by Gasteiger charge is 2.18. The molecule has 0 saturated carbocycles. The van der Waals surface area contributed by atoms with Gasteiger partial charge in [0.25, 0.3) is 0 Å². The van der Waals surface area contributed by atoms with Gasteiger partial charge in [0.05, 0.1) is 17.1 Å². The van der Waals surface area contributed by atoms with Gasteiger partial charge in [-0.1, -0.05) is 35.9 Å². The zero-order valence-corrected chi connectivity index (χ0v) is 20.1. The number of piperidine rings is 1. The third kappa shape index (κ3) is 4.74. The number of fused-ring (bicyclic) bond motifs is 1. The number of pyridine rings is 1. The van der Waals surface area contributed by atoms with Crippen LogP contribution in [0.15, 0.2) is 66.7 Å². The van der Waals surface area contributed by atoms with Crippen LogP contribution in [-0.2, 0) is 6.42 Å². The number of ether oxygens (including phenoxy) is 1. The molecular formula is C29H28ClFN2O. The quantitative estimate of drug-likeness (QED) is 0.287. The Labute approximate surface area is 205 Å². The van der Waals surface area contributed by atoms with Gasteiger partial charge in [-0.05, 0) is 85.3 Å². The summed E-state index contributed by atoms with van der Waals surface area (Å²) in [7, 11) is 0. The fraction of sp³-hybridized carbons (Fsp3) is 0.276. The average molecular weight is 475 g/mol. The molecule has 2 heterocycles. The first-order valence-corrected chi connectivity index (χ1v) is 12.3. The number of aryl methyl sites for hydroxylation is 1. The first-order valence-electron chi connectivity index (χ1n) is 11.9. The maximum absolute atomic E-state index is 13.8. The Kier molecular flexibility index (Phi) is 6.68. The molecule has 0 N–H and O–H groups in total. The first-order chi connectivity index (χ1) is 16.6. The molecule has 1 aliphatic heterocycles. The van der Waals surface area contributed by atoms with Crippen LogP contribution < -0.4 is 9.64 Å². The lowest BCUT2D eigenvalue weighted by molar-refractivity contribution is 0.322. The van der Waals surface area contributed by atoms with Crippen molar-refractivity contribution < 1.29 is 9.13 Å². The monoisotopic (exact) mass is 474 g/mol. The number of nitrogens with zero attached hydrogens (tertiary/aromatic N) is 2. The fourth-order valence-corrected chi connectivity index (χ4v) is 5.03. The molecule has 0 atom stereocenters. The number of hydrogen-bond acceptors (Lipinski definition) is 3. The second-order valence-corrected chi connectivity index (χ2v) is 9.24. The van der Waals surface area contributed by atoms with Gasteiger partial charge in [-0.25, -0.2) is 4.39 Å². The van der Waals surface area contributed by atoms with Gasteiger partial charge in [0.15, 0.2) is 0 Å². The van der Waals surface area contributed by atoms with Crippen molar-refractivity contribution in [3.05, 3.63) is 88.8 Å². The van der Waals surface area contributed by atoms with Crippen molar-refractivity contribution in [3.8, 4) is 16.9 Å². The predicted molar refractivity (Wildman–Crippen MR) is 139 cm³/mol. The highest BCUT2D eigenvalue weighted by Crippen LogP contribution is 2.36. The Bertz CT molecular complexity index is 1300. The highest BCUT2D eigenvalue weighted by molar-refractivity contribution is 6.32. The Morgan fingerprint density at radius 3 is 2.50 bits per heavy atom. The average Bonchev–Trinajstić information content (AvgIpc) is 2.86. The number of halogens is 2. The van der Waals surface area contributed by atoms with Crippen molar-refractivity contribution in [2.75, 3.05) is 24.6 Å². The summed E-state index contributed by atoms with van der Waals surface area (Å²) in [5, 5.41) is 1.69. The minimum Gasteiger partial charge on any atom is -0.492 e. The second-order valence-electron chi connectivity index (χ2n) is 8.84. The molecule has 0 unspecified atom stereocenters. The van der Waals surface area contributed by atoms with Crippen LogP contribution in [0.5, 0.6) is 5.75 Å². The maximum Gasteiger partial charge on any atom is 0.137 e. The summed E-state index contributed by atoms with van der Waals surface area (Å²) in [5.41, 5.74) is 6.33. The molecule has 0 bridgehead atoms. The summed E-state index contributed by atoms with van der Waals surface area (Å²) < 4.78 is 19.8. The van der Waals surface area contributed by atoms with Gasteiger partial charge in [0.2, 0.25) is 0 Å². The van der Waals surface area contributed by atoms with Crippen molar-refractivity contribution in [2.24, 2.45) is 0 Å². The molecule has 3 aromatic carbocycles. The molecule has 0 amide bonds. The Morgan fingerprint density at radius 1 is 0.971 bits per heavy atom. The molecule has 1 aliphatic rings. The maximum atomic E-state index is 13.8. The number of aromatic nitrogens is 1. The molecule has 0 radical (unpaired) electrons. The number of hydrogen-bond donors (Lipinski definition) is 0. The molecule has 34 heavy (non-hydrogen) atoms. The Hall–Kier alpha value is -3.11. The molecular weight excluding hydrogens is 447 g/mol. The van der Waals surface area contributed by atoms with Crippen molar-refractivity contribution in [3.63, 3.8) is 0 Å². The standard InChI is InChI=1S/C29H28ClFN2O/c1-20-24(15-18-34-28-8-4-3-7-26(28)30)29(21-9-11-22(31)12-10-21)25-19-23(13-14-27(25)32-20)33-16-5-2-6-17-33/h3-4,7-14,19H,2,5-6,15-18H2,1H3. The lowest BCUT2D eigenvalue weighted by atomic mass is 9.92. The van der Waals surface area contributed by atoms with Gasteiger partial charge in [-0.2, -0.15) is 0 Å². The molecule has 0 aliphatic carbocycles. The van der Waals surface area contributed by atoms with Crippen LogP contribution in [0.1, 0.15) is 30.5 Å². The number of para-hydroxylation sites is 1. The van der Waals surface area contributed by atoms with E-state index in [0.717, 1.165) is 46.4 Å². The molecule has 1 fully saturated rings. The minimum atomic E-state index is -0.239. The van der Waals surface area contributed by atoms with E-state index in [4.69, 9.17) is 21.3 Å². The molecule has 1 saturated heterocycles. The van der Waals surface area contributed by atoms with Crippen molar-refractivity contribution in [1.82, 2.24) is 4.98 Å². The summed E-state index contributed by atoms with van der Waals surface area (Å²) in [4.78, 5) is 7.39. The molecule has 3 nitrogen and oxygen atoms in total. The van der Waals surface area contributed by atoms with E-state index in [0.29, 0.717) is 23.8 Å². The minimum absolute atomic E-state index is 0.239. The van der Waals surface area contributed by atoms with E-state index in [1.165, 1.54) is 37.1 Å². The van der Waals surface area contributed by atoms with Gasteiger partial charge in [-0.15, -0.1) is 0 Å². The van der Waals surface area contributed by atoms with Crippen LogP contribution in [0.25, 0.3) is 22.0 Å². The van der Waals surface area contributed by atoms with Crippen LogP contribution >= 0.6 is 11.6 Å². The van der Waals surface area contributed by atoms with E-state index in [-0.39, 0.29) is 5.82 Å². The SMILES string of the molecule is Cc1nc2ccc(N3CCCCC3)cc2c(-c2ccc(F)cc2)c1CCOc1ccccc1Cl. The zero-order chi connectivity index (χ0) is 23.5. The van der Waals surface area contributed by atoms with E-state index >= 15 is 0 Å². The van der Waals surface area contributed by atoms with E-state index < -0.39 is 0 Å². The predicted octanol–water partition coefficient (Wildman–Crippen LogP) is 7.61. The van der Waals surface area contributed by atoms with Crippen LogP contribution in [0, 0.1) is 12.7 Å². The smallest absolute Gasteiger partial charge is 0.137 e. The van der Waals surface area contributed by atoms with Crippen LogP contribution in [0.3, 0.4) is 0 Å². The number of rotatable bonds is 6. The lowest BCUT2D eigenvalue weighted by Crippen LogP contribution is -2.29. The van der Waals surface area contributed by atoms with Crippen LogP contribution in [0.2, 0.25) is 5.02 Å². The molecule has 0 spiro atoms. The zero-order valence-electron chi connectivity index (χ0n) is 19.4. The summed E-state index contributed by atoms with van der Waals surface area (Å²) in [6, 6.07) is 20.8. The molecule has 5 heteroatoms. The first kappa shape index (κ1) is 22.7. The van der Waals surface area contributed by atoms with Crippen molar-refractivity contribution >= 4 is 28.2 Å². The largest absolute Gasteiger partial charge is 0.492 e. The van der Waals surface area contributed by atoms with E-state index in [2.05, 4.69) is 23.1 Å². The Morgan fingerprint density at radius 2 is 1.74 bits per heavy atom. The van der Waals surface area contributed by atoms with Crippen molar-refractivity contribution in [1.29, 1.82) is 0 Å². The van der Waals surface area contributed by atoms with E-state index in [9.17, 15) is 4.39 Å². The summed E-state index contributed by atoms with van der Waals surface area (Å²) in [5.74, 6) is 0.433. The number of benzene rings is 3. The highest BCUT2D eigenvalue weighted by atomic mass is 35.5. The third-order valence-corrected chi connectivity index (χ3v) is 6.89. The molecule has 174 valence electrons. The van der Waals surface area contributed by atoms with Crippen molar-refractivity contribution in [2.45, 2.75) is 32.6 Å². The second kappa shape index (κ2) is 10.0. The van der Waals surface area contributed by atoms with Gasteiger partial charge in [-0.3, -0.25) is 4.98 Å². The van der Waals surface area contributed by atoms with Gasteiger partial charge in [0, 0.05) is 36.3 Å². The van der Waals surface area contributed by atoms with E-state index in [1.54, 1.807) is 0 Å². The molecule has 4 aromatic rings. The normalized spacial score (nSPS) is 13.9. The molecule has 5 rings (SSSR count). The fourth-order valence-electron chi connectivity index (χ4n) is 4.84. The van der Waals surface area contributed by atoms with Gasteiger partial charge < -0.3 is 9.64 Å². The number of anilines is 1. The Balaban J connectivity index is 1.57. The van der Waals surface area contributed by atoms with Crippen LogP contribution in [-0.4, -0.2) is 24.7 Å². The third-order valence-electron chi connectivity index (χ3n) is 6.58. The summed E-state index contributed by atoms with van der Waals surface area (Å²) in [6.45, 7) is 4.66. The summed E-state index contributed by atoms with van der Waals surface area (Å²) >= 11 is 6.27. The topological polar surface area (TPSA) is 25.4 Å². The van der Waals surface area contributed by atoms with Gasteiger partial charge in [0.1, 0.15) is 11.6 Å². The van der Waals surface area contributed by atoms with E-state index in [1.807, 2.05) is 43.3 Å². The van der Waals surface area contributed by atoms with Crippen LogP contribution in [0.4, 0.5) is 10.1 Å². The van der Waals surface area contributed by atoms with Gasteiger partial charge >= 0.3 is 0 Å². The summed E-state index contributed by atoms with van der Waals surface area (Å²) in [6.07, 6.45) is 4.40. The lowest BCUT2D eigenvalue weighted by Gasteiger charge is -2.29.